The average molecular weight is 431 g/mol. The molecule has 0 N–H and O–H groups in total. The Morgan fingerprint density at radius 2 is 1.47 bits per heavy atom. The van der Waals surface area contributed by atoms with Gasteiger partial charge in [0, 0.05) is 37.1 Å². The molecule has 2 heterocycles. The average Bonchev–Trinajstić information content (AvgIpc) is 3.06. The molecular formula is C27H30N2O3. The fourth-order valence-electron chi connectivity index (χ4n) is 4.16. The van der Waals surface area contributed by atoms with E-state index in [9.17, 15) is 4.79 Å². The Morgan fingerprint density at radius 1 is 0.812 bits per heavy atom. The highest BCUT2D eigenvalue weighted by molar-refractivity contribution is 5.76. The monoisotopic (exact) mass is 430 g/mol. The molecule has 1 saturated heterocycles. The van der Waals surface area contributed by atoms with Gasteiger partial charge in [0.2, 0.25) is 5.91 Å². The smallest absolute Gasteiger partial charge is 0.222 e. The third-order valence-corrected chi connectivity index (χ3v) is 6.05. The first-order valence-corrected chi connectivity index (χ1v) is 11.2. The summed E-state index contributed by atoms with van der Waals surface area (Å²) >= 11 is 0. The van der Waals surface area contributed by atoms with Gasteiger partial charge in [-0.1, -0.05) is 24.6 Å². The number of hydrogen-bond donors (Lipinski definition) is 0. The number of amides is 1. The van der Waals surface area contributed by atoms with Crippen molar-refractivity contribution in [3.8, 4) is 33.9 Å². The van der Waals surface area contributed by atoms with Crippen LogP contribution in [0.1, 0.15) is 31.4 Å². The topological polar surface area (TPSA) is 51.7 Å². The second kappa shape index (κ2) is 10.3. The largest absolute Gasteiger partial charge is 0.497 e. The standard InChI is InChI=1S/C27H30N2O3/c1-31-22-11-7-20(8-12-22)24-15-16-25(21-9-13-23(32-2)14-10-21)28-26(24)17-19-29-18-5-3-4-6-27(29)30/h7-16H,3-6,17-19H2,1-2H3. The predicted octanol–water partition coefficient (Wildman–Crippen LogP) is 5.38. The maximum Gasteiger partial charge on any atom is 0.222 e. The van der Waals surface area contributed by atoms with E-state index in [1.165, 1.54) is 0 Å². The van der Waals surface area contributed by atoms with Crippen LogP contribution in [0.25, 0.3) is 22.4 Å². The van der Waals surface area contributed by atoms with Gasteiger partial charge in [0.1, 0.15) is 11.5 Å². The molecule has 5 nitrogen and oxygen atoms in total. The van der Waals surface area contributed by atoms with Crippen molar-refractivity contribution in [2.45, 2.75) is 32.1 Å². The summed E-state index contributed by atoms with van der Waals surface area (Å²) in [6.45, 7) is 1.54. The highest BCUT2D eigenvalue weighted by Crippen LogP contribution is 2.29. The van der Waals surface area contributed by atoms with Crippen LogP contribution in [0.5, 0.6) is 11.5 Å². The van der Waals surface area contributed by atoms with Crippen molar-refractivity contribution in [2.75, 3.05) is 27.3 Å². The summed E-state index contributed by atoms with van der Waals surface area (Å²) in [7, 11) is 3.34. The molecule has 5 heteroatoms. The lowest BCUT2D eigenvalue weighted by atomic mass is 10.00. The zero-order valence-corrected chi connectivity index (χ0v) is 18.8. The summed E-state index contributed by atoms with van der Waals surface area (Å²) in [5, 5.41) is 0. The first-order valence-electron chi connectivity index (χ1n) is 11.2. The minimum atomic E-state index is 0.264. The molecule has 4 rings (SSSR count). The molecular weight excluding hydrogens is 400 g/mol. The normalized spacial score (nSPS) is 14.2. The van der Waals surface area contributed by atoms with Crippen LogP contribution in [-0.2, 0) is 11.2 Å². The van der Waals surface area contributed by atoms with E-state index in [-0.39, 0.29) is 5.91 Å². The van der Waals surface area contributed by atoms with Gasteiger partial charge in [-0.2, -0.15) is 0 Å². The number of ether oxygens (including phenoxy) is 2. The van der Waals surface area contributed by atoms with E-state index in [0.29, 0.717) is 13.0 Å². The van der Waals surface area contributed by atoms with E-state index in [4.69, 9.17) is 14.5 Å². The fourth-order valence-corrected chi connectivity index (χ4v) is 4.16. The quantitative estimate of drug-likeness (QED) is 0.505. The molecule has 0 spiro atoms. The molecule has 1 amide bonds. The van der Waals surface area contributed by atoms with Crippen LogP contribution in [0.15, 0.2) is 60.7 Å². The Labute approximate surface area is 190 Å². The number of nitrogens with zero attached hydrogens (tertiary/aromatic N) is 2. The van der Waals surface area contributed by atoms with Crippen molar-refractivity contribution < 1.29 is 14.3 Å². The molecule has 1 fully saturated rings. The number of pyridine rings is 1. The third kappa shape index (κ3) is 5.10. The number of methoxy groups -OCH3 is 2. The van der Waals surface area contributed by atoms with Gasteiger partial charge in [-0.05, 0) is 60.9 Å². The van der Waals surface area contributed by atoms with Gasteiger partial charge < -0.3 is 14.4 Å². The molecule has 0 aliphatic carbocycles. The van der Waals surface area contributed by atoms with E-state index < -0.39 is 0 Å². The molecule has 32 heavy (non-hydrogen) atoms. The summed E-state index contributed by atoms with van der Waals surface area (Å²) in [5.74, 6) is 1.91. The molecule has 3 aromatic rings. The Bertz CT molecular complexity index is 1050. The fraction of sp³-hybridized carbons (Fsp3) is 0.333. The van der Waals surface area contributed by atoms with Crippen molar-refractivity contribution >= 4 is 5.91 Å². The van der Waals surface area contributed by atoms with Crippen LogP contribution >= 0.6 is 0 Å². The number of rotatable bonds is 7. The molecule has 0 saturated carbocycles. The van der Waals surface area contributed by atoms with Crippen LogP contribution < -0.4 is 9.47 Å². The molecule has 0 bridgehead atoms. The van der Waals surface area contributed by atoms with E-state index in [2.05, 4.69) is 24.3 Å². The molecule has 166 valence electrons. The molecule has 0 unspecified atom stereocenters. The van der Waals surface area contributed by atoms with Crippen molar-refractivity contribution in [2.24, 2.45) is 0 Å². The van der Waals surface area contributed by atoms with Gasteiger partial charge in [0.25, 0.3) is 0 Å². The van der Waals surface area contributed by atoms with Gasteiger partial charge in [-0.15, -0.1) is 0 Å². The lowest BCUT2D eigenvalue weighted by Crippen LogP contribution is -2.32. The highest BCUT2D eigenvalue weighted by atomic mass is 16.5. The van der Waals surface area contributed by atoms with Crippen LogP contribution in [0.4, 0.5) is 0 Å². The Balaban J connectivity index is 1.65. The molecule has 1 aliphatic rings. The van der Waals surface area contributed by atoms with Crippen molar-refractivity contribution in [3.63, 3.8) is 0 Å². The SMILES string of the molecule is COc1ccc(-c2ccc(-c3ccc(OC)cc3)c(CCN3CCCCCC3=O)n2)cc1. The maximum absolute atomic E-state index is 12.5. The first-order chi connectivity index (χ1) is 15.7. The summed E-state index contributed by atoms with van der Waals surface area (Å²) < 4.78 is 10.6. The number of carbonyl (C=O) groups excluding carboxylic acids is 1. The molecule has 0 radical (unpaired) electrons. The lowest BCUT2D eigenvalue weighted by Gasteiger charge is -2.21. The molecule has 1 aromatic heterocycles. The summed E-state index contributed by atoms with van der Waals surface area (Å²) in [6, 6.07) is 20.2. The van der Waals surface area contributed by atoms with Crippen molar-refractivity contribution in [1.82, 2.24) is 9.88 Å². The number of carbonyl (C=O) groups is 1. The number of likely N-dealkylation sites (tertiary alicyclic amines) is 1. The van der Waals surface area contributed by atoms with E-state index in [1.807, 2.05) is 41.3 Å². The lowest BCUT2D eigenvalue weighted by molar-refractivity contribution is -0.130. The number of benzene rings is 2. The van der Waals surface area contributed by atoms with Crippen LogP contribution in [0.3, 0.4) is 0 Å². The van der Waals surface area contributed by atoms with Crippen LogP contribution in [0.2, 0.25) is 0 Å². The summed E-state index contributed by atoms with van der Waals surface area (Å²) in [6.07, 6.45) is 4.58. The maximum atomic E-state index is 12.5. The van der Waals surface area contributed by atoms with Crippen molar-refractivity contribution in [1.29, 1.82) is 0 Å². The van der Waals surface area contributed by atoms with Crippen molar-refractivity contribution in [3.05, 3.63) is 66.4 Å². The Hall–Kier alpha value is -3.34. The van der Waals surface area contributed by atoms with E-state index >= 15 is 0 Å². The number of aromatic nitrogens is 1. The predicted molar refractivity (Wildman–Crippen MR) is 127 cm³/mol. The second-order valence-corrected chi connectivity index (χ2v) is 8.09. The third-order valence-electron chi connectivity index (χ3n) is 6.05. The van der Waals surface area contributed by atoms with Gasteiger partial charge in [-0.3, -0.25) is 9.78 Å². The van der Waals surface area contributed by atoms with E-state index in [1.54, 1.807) is 14.2 Å². The zero-order chi connectivity index (χ0) is 22.3. The molecule has 1 aliphatic heterocycles. The minimum Gasteiger partial charge on any atom is -0.497 e. The van der Waals surface area contributed by atoms with Gasteiger partial charge in [0.15, 0.2) is 0 Å². The van der Waals surface area contributed by atoms with Gasteiger partial charge >= 0.3 is 0 Å². The molecule has 2 aromatic carbocycles. The number of hydrogen-bond acceptors (Lipinski definition) is 4. The summed E-state index contributed by atoms with van der Waals surface area (Å²) in [4.78, 5) is 19.5. The Morgan fingerprint density at radius 3 is 2.12 bits per heavy atom. The second-order valence-electron chi connectivity index (χ2n) is 8.09. The highest BCUT2D eigenvalue weighted by Gasteiger charge is 2.18. The Kier molecular flexibility index (Phi) is 7.05. The van der Waals surface area contributed by atoms with E-state index in [0.717, 1.165) is 71.8 Å². The molecule has 0 atom stereocenters. The first kappa shape index (κ1) is 21.9. The summed E-state index contributed by atoms with van der Waals surface area (Å²) in [5.41, 5.74) is 5.14. The minimum absolute atomic E-state index is 0.264. The van der Waals surface area contributed by atoms with Gasteiger partial charge in [0.05, 0.1) is 25.6 Å². The van der Waals surface area contributed by atoms with Gasteiger partial charge in [-0.25, -0.2) is 0 Å². The van der Waals surface area contributed by atoms with Crippen LogP contribution in [-0.4, -0.2) is 43.1 Å². The zero-order valence-electron chi connectivity index (χ0n) is 18.8. The van der Waals surface area contributed by atoms with Crippen LogP contribution in [0, 0.1) is 0 Å².